The Morgan fingerprint density at radius 2 is 1.62 bits per heavy atom. The number of esters is 1. The van der Waals surface area contributed by atoms with Crippen molar-refractivity contribution in [3.8, 4) is 0 Å². The minimum absolute atomic E-state index is 0.137. The second-order valence-electron chi connectivity index (χ2n) is 11.4. The van der Waals surface area contributed by atoms with Gasteiger partial charge in [0.2, 0.25) is 0 Å². The van der Waals surface area contributed by atoms with Crippen molar-refractivity contribution in [1.82, 2.24) is 4.90 Å². The summed E-state index contributed by atoms with van der Waals surface area (Å²) in [4.78, 5) is 39.0. The fraction of sp³-hybridized carbons (Fsp3) is 0.472. The molecular weight excluding hydrogens is 572 g/mol. The molecule has 2 N–H and O–H groups in total. The lowest BCUT2D eigenvalue weighted by atomic mass is 10.0. The number of hydrogen-bond donors (Lipinski definition) is 2. The summed E-state index contributed by atoms with van der Waals surface area (Å²) >= 11 is 0. The first-order chi connectivity index (χ1) is 21.7. The molecule has 3 aromatic carbocycles. The highest BCUT2D eigenvalue weighted by Gasteiger charge is 2.38. The number of carboxylic acid groups (broad SMARTS) is 1. The SMILES string of the molecule is CCOC(=O)COC(C(=O)O)C(OCCCCNc1ccc(C)c(C)c1)C(=O)N(C)CCCCCc1ccc2ccccc2c1. The van der Waals surface area contributed by atoms with Gasteiger partial charge in [0.25, 0.3) is 5.91 Å². The second kappa shape index (κ2) is 18.8. The number of nitrogens with zero attached hydrogens (tertiary/aromatic N) is 1. The van der Waals surface area contributed by atoms with Crippen LogP contribution in [-0.2, 0) is 35.0 Å². The van der Waals surface area contributed by atoms with Crippen LogP contribution in [0, 0.1) is 13.8 Å². The van der Waals surface area contributed by atoms with Crippen molar-refractivity contribution in [2.75, 3.05) is 45.3 Å². The number of benzene rings is 3. The Balaban J connectivity index is 1.50. The highest BCUT2D eigenvalue weighted by molar-refractivity contribution is 5.88. The van der Waals surface area contributed by atoms with Crippen molar-refractivity contribution < 1.29 is 33.7 Å². The van der Waals surface area contributed by atoms with E-state index in [4.69, 9.17) is 14.2 Å². The van der Waals surface area contributed by atoms with Gasteiger partial charge in [-0.15, -0.1) is 0 Å². The van der Waals surface area contributed by atoms with E-state index in [0.29, 0.717) is 19.5 Å². The van der Waals surface area contributed by atoms with Gasteiger partial charge in [-0.1, -0.05) is 55.0 Å². The van der Waals surface area contributed by atoms with E-state index in [0.717, 1.165) is 37.8 Å². The lowest BCUT2D eigenvalue weighted by molar-refractivity contribution is -0.177. The molecule has 0 aliphatic carbocycles. The van der Waals surface area contributed by atoms with Crippen molar-refractivity contribution in [3.63, 3.8) is 0 Å². The van der Waals surface area contributed by atoms with Gasteiger partial charge in [-0.3, -0.25) is 4.79 Å². The zero-order chi connectivity index (χ0) is 32.6. The number of carbonyl (C=O) groups excluding carboxylic acids is 2. The Kier molecular flexibility index (Phi) is 14.8. The van der Waals surface area contributed by atoms with Gasteiger partial charge in [0.15, 0.2) is 12.2 Å². The van der Waals surface area contributed by atoms with E-state index in [1.54, 1.807) is 14.0 Å². The number of anilines is 1. The molecule has 2 atom stereocenters. The van der Waals surface area contributed by atoms with Crippen molar-refractivity contribution in [2.24, 2.45) is 0 Å². The third-order valence-corrected chi connectivity index (χ3v) is 7.80. The van der Waals surface area contributed by atoms with Gasteiger partial charge in [-0.25, -0.2) is 9.59 Å². The number of aryl methyl sites for hydroxylation is 3. The zero-order valence-electron chi connectivity index (χ0n) is 27.1. The Bertz CT molecular complexity index is 1390. The highest BCUT2D eigenvalue weighted by Crippen LogP contribution is 2.18. The van der Waals surface area contributed by atoms with E-state index in [2.05, 4.69) is 61.6 Å². The van der Waals surface area contributed by atoms with E-state index < -0.39 is 36.7 Å². The molecule has 244 valence electrons. The fourth-order valence-corrected chi connectivity index (χ4v) is 5.03. The minimum atomic E-state index is -1.65. The molecule has 0 saturated heterocycles. The molecule has 3 aromatic rings. The molecule has 9 nitrogen and oxygen atoms in total. The van der Waals surface area contributed by atoms with Gasteiger partial charge >= 0.3 is 11.9 Å². The normalized spacial score (nSPS) is 12.4. The monoisotopic (exact) mass is 620 g/mol. The number of fused-ring (bicyclic) bond motifs is 1. The number of carboxylic acids is 1. The van der Waals surface area contributed by atoms with Crippen LogP contribution in [0.5, 0.6) is 0 Å². The number of rotatable bonds is 20. The average molecular weight is 621 g/mol. The predicted octanol–water partition coefficient (Wildman–Crippen LogP) is 5.94. The van der Waals surface area contributed by atoms with Gasteiger partial charge in [0.1, 0.15) is 6.61 Å². The third kappa shape index (κ3) is 11.8. The molecule has 1 amide bonds. The van der Waals surface area contributed by atoms with Crippen LogP contribution in [-0.4, -0.2) is 80.0 Å². The Hall–Kier alpha value is -3.95. The highest BCUT2D eigenvalue weighted by atomic mass is 16.6. The minimum Gasteiger partial charge on any atom is -0.479 e. The number of aliphatic carboxylic acids is 1. The number of carbonyl (C=O) groups is 3. The number of likely N-dealkylation sites (N-methyl/N-ethyl adjacent to an activating group) is 1. The van der Waals surface area contributed by atoms with E-state index in [9.17, 15) is 19.5 Å². The predicted molar refractivity (Wildman–Crippen MR) is 177 cm³/mol. The summed E-state index contributed by atoms with van der Waals surface area (Å²) in [5, 5.41) is 15.7. The maximum absolute atomic E-state index is 13.5. The fourth-order valence-electron chi connectivity index (χ4n) is 5.03. The van der Waals surface area contributed by atoms with Crippen LogP contribution in [0.2, 0.25) is 0 Å². The van der Waals surface area contributed by atoms with E-state index in [-0.39, 0.29) is 13.2 Å². The first kappa shape index (κ1) is 35.5. The van der Waals surface area contributed by atoms with Gasteiger partial charge in [-0.05, 0) is 92.5 Å². The van der Waals surface area contributed by atoms with Gasteiger partial charge in [-0.2, -0.15) is 0 Å². The Morgan fingerprint density at radius 1 is 0.844 bits per heavy atom. The van der Waals surface area contributed by atoms with Crippen molar-refractivity contribution in [2.45, 2.75) is 71.5 Å². The average Bonchev–Trinajstić information content (AvgIpc) is 3.02. The molecule has 0 spiro atoms. The maximum Gasteiger partial charge on any atom is 0.336 e. The molecule has 2 unspecified atom stereocenters. The molecule has 0 aliphatic rings. The summed E-state index contributed by atoms with van der Waals surface area (Å²) in [6.45, 7) is 6.64. The first-order valence-electron chi connectivity index (χ1n) is 15.8. The summed E-state index contributed by atoms with van der Waals surface area (Å²) < 4.78 is 16.1. The molecule has 0 radical (unpaired) electrons. The van der Waals surface area contributed by atoms with Crippen LogP contribution in [0.1, 0.15) is 55.7 Å². The first-order valence-corrected chi connectivity index (χ1v) is 15.8. The lowest BCUT2D eigenvalue weighted by Crippen LogP contribution is -2.50. The molecule has 0 fully saturated rings. The number of nitrogens with one attached hydrogen (secondary N) is 1. The summed E-state index contributed by atoms with van der Waals surface area (Å²) in [7, 11) is 1.64. The van der Waals surface area contributed by atoms with Crippen molar-refractivity contribution >= 4 is 34.3 Å². The maximum atomic E-state index is 13.5. The van der Waals surface area contributed by atoms with Crippen LogP contribution < -0.4 is 5.32 Å². The quantitative estimate of drug-likeness (QED) is 0.118. The standard InChI is InChI=1S/C36H48N2O7/c1-5-43-32(39)25-45-34(36(41)42)33(44-22-12-10-20-37-31-19-16-26(2)27(3)23-31)35(40)38(4)21-11-6-7-13-28-17-18-29-14-8-9-15-30(29)24-28/h8-9,14-19,23-24,33-34,37H,5-7,10-13,20-22,25H2,1-4H3,(H,41,42). The van der Waals surface area contributed by atoms with E-state index in [1.807, 2.05) is 18.2 Å². The molecule has 3 rings (SSSR count). The van der Waals surface area contributed by atoms with Gasteiger partial charge in [0, 0.05) is 32.4 Å². The van der Waals surface area contributed by atoms with Crippen LogP contribution in [0.15, 0.2) is 60.7 Å². The smallest absolute Gasteiger partial charge is 0.336 e. The van der Waals surface area contributed by atoms with Crippen LogP contribution in [0.3, 0.4) is 0 Å². The zero-order valence-corrected chi connectivity index (χ0v) is 27.1. The van der Waals surface area contributed by atoms with Gasteiger partial charge < -0.3 is 29.5 Å². The molecule has 0 bridgehead atoms. The molecule has 0 aromatic heterocycles. The molecule has 0 aliphatic heterocycles. The Morgan fingerprint density at radius 3 is 2.36 bits per heavy atom. The number of hydrogen-bond acceptors (Lipinski definition) is 7. The van der Waals surface area contributed by atoms with Crippen LogP contribution in [0.4, 0.5) is 5.69 Å². The molecular formula is C36H48N2O7. The van der Waals surface area contributed by atoms with Crippen LogP contribution >= 0.6 is 0 Å². The number of ether oxygens (including phenoxy) is 3. The third-order valence-electron chi connectivity index (χ3n) is 7.80. The number of amides is 1. The van der Waals surface area contributed by atoms with Crippen LogP contribution in [0.25, 0.3) is 10.8 Å². The van der Waals surface area contributed by atoms with E-state index in [1.165, 1.54) is 32.4 Å². The summed E-state index contributed by atoms with van der Waals surface area (Å²) in [5.74, 6) is -2.57. The summed E-state index contributed by atoms with van der Waals surface area (Å²) in [5.41, 5.74) is 4.75. The Labute approximate surface area is 266 Å². The van der Waals surface area contributed by atoms with Crippen molar-refractivity contribution in [3.05, 3.63) is 77.4 Å². The van der Waals surface area contributed by atoms with Crippen molar-refractivity contribution in [1.29, 1.82) is 0 Å². The summed E-state index contributed by atoms with van der Waals surface area (Å²) in [6.07, 6.45) is 1.89. The molecule has 0 heterocycles. The van der Waals surface area contributed by atoms with Gasteiger partial charge in [0.05, 0.1) is 6.61 Å². The summed E-state index contributed by atoms with van der Waals surface area (Å²) in [6, 6.07) is 21.0. The largest absolute Gasteiger partial charge is 0.479 e. The molecule has 9 heteroatoms. The second-order valence-corrected chi connectivity index (χ2v) is 11.4. The lowest BCUT2D eigenvalue weighted by Gasteiger charge is -2.28. The number of unbranched alkanes of at least 4 members (excludes halogenated alkanes) is 3. The topological polar surface area (TPSA) is 114 Å². The molecule has 45 heavy (non-hydrogen) atoms. The molecule has 0 saturated carbocycles. The van der Waals surface area contributed by atoms with E-state index >= 15 is 0 Å².